The summed E-state index contributed by atoms with van der Waals surface area (Å²) in [5.41, 5.74) is 5.61. The Kier molecular flexibility index (Phi) is 6.41. The number of primary amides is 1. The lowest BCUT2D eigenvalue weighted by Gasteiger charge is -2.12. The molecule has 0 aliphatic rings. The Morgan fingerprint density at radius 1 is 1.32 bits per heavy atom. The van der Waals surface area contributed by atoms with Gasteiger partial charge < -0.3 is 15.8 Å². The summed E-state index contributed by atoms with van der Waals surface area (Å²) < 4.78 is 33.6. The Balaban J connectivity index is 2.14. The van der Waals surface area contributed by atoms with Gasteiger partial charge in [-0.3, -0.25) is 4.79 Å². The van der Waals surface area contributed by atoms with E-state index >= 15 is 0 Å². The zero-order chi connectivity index (χ0) is 18.4. The molecule has 0 atom stereocenters. The van der Waals surface area contributed by atoms with Crippen molar-refractivity contribution in [2.45, 2.75) is 26.8 Å². The van der Waals surface area contributed by atoms with Crippen molar-refractivity contribution in [2.24, 2.45) is 11.7 Å². The van der Waals surface area contributed by atoms with Gasteiger partial charge in [0.15, 0.2) is 11.6 Å². The number of nitrogens with one attached hydrogen (secondary N) is 1. The topological polar surface area (TPSA) is 77.2 Å². The molecule has 0 saturated heterocycles. The molecule has 25 heavy (non-hydrogen) atoms. The summed E-state index contributed by atoms with van der Waals surface area (Å²) in [6.45, 7) is 5.31. The summed E-state index contributed by atoms with van der Waals surface area (Å²) in [5, 5.41) is 3.13. The van der Waals surface area contributed by atoms with E-state index in [-0.39, 0.29) is 11.4 Å². The van der Waals surface area contributed by atoms with Gasteiger partial charge in [0.1, 0.15) is 5.56 Å². The monoisotopic (exact) mass is 349 g/mol. The summed E-state index contributed by atoms with van der Waals surface area (Å²) in [7, 11) is 0. The van der Waals surface area contributed by atoms with Gasteiger partial charge in [0.2, 0.25) is 11.6 Å². The van der Waals surface area contributed by atoms with Crippen molar-refractivity contribution >= 4 is 5.91 Å². The van der Waals surface area contributed by atoms with Gasteiger partial charge >= 0.3 is 0 Å². The first-order chi connectivity index (χ1) is 11.9. The van der Waals surface area contributed by atoms with Crippen molar-refractivity contribution in [1.82, 2.24) is 10.3 Å². The first-order valence-corrected chi connectivity index (χ1v) is 7.99. The molecular formula is C18H21F2N3O2. The number of hydrogen-bond donors (Lipinski definition) is 2. The Hall–Kier alpha value is -2.54. The van der Waals surface area contributed by atoms with E-state index in [1.807, 2.05) is 0 Å². The number of carbonyl (C=O) groups excluding carboxylic acids is 1. The van der Waals surface area contributed by atoms with Gasteiger partial charge in [-0.05, 0) is 48.7 Å². The number of aromatic nitrogens is 1. The predicted molar refractivity (Wildman–Crippen MR) is 90.3 cm³/mol. The highest BCUT2D eigenvalue weighted by Crippen LogP contribution is 2.29. The molecule has 0 saturated carbocycles. The second kappa shape index (κ2) is 8.53. The predicted octanol–water partition coefficient (Wildman–Crippen LogP) is 3.39. The van der Waals surface area contributed by atoms with Crippen LogP contribution in [0.25, 0.3) is 0 Å². The SMILES string of the molecule is CC(C)CCNCc1cc(F)c(Oc2ncccc2C(N)=O)c(F)c1. The molecule has 1 heterocycles. The molecule has 0 aliphatic heterocycles. The van der Waals surface area contributed by atoms with Gasteiger partial charge in [-0.15, -0.1) is 0 Å². The van der Waals surface area contributed by atoms with Crippen LogP contribution >= 0.6 is 0 Å². The maximum Gasteiger partial charge on any atom is 0.254 e. The lowest BCUT2D eigenvalue weighted by molar-refractivity contribution is 0.0997. The average molecular weight is 349 g/mol. The molecule has 0 bridgehead atoms. The minimum absolute atomic E-state index is 0.0549. The lowest BCUT2D eigenvalue weighted by Crippen LogP contribution is -2.16. The molecule has 1 aromatic carbocycles. The van der Waals surface area contributed by atoms with E-state index in [9.17, 15) is 13.6 Å². The second-order valence-electron chi connectivity index (χ2n) is 6.07. The van der Waals surface area contributed by atoms with Crippen LogP contribution in [0.2, 0.25) is 0 Å². The van der Waals surface area contributed by atoms with E-state index in [1.54, 1.807) is 0 Å². The van der Waals surface area contributed by atoms with E-state index < -0.39 is 23.3 Å². The van der Waals surface area contributed by atoms with Crippen molar-refractivity contribution in [3.8, 4) is 11.6 Å². The molecule has 0 aliphatic carbocycles. The Bertz CT molecular complexity index is 728. The quantitative estimate of drug-likeness (QED) is 0.716. The number of benzene rings is 1. The molecule has 7 heteroatoms. The Labute approximate surface area is 145 Å². The van der Waals surface area contributed by atoms with Crippen LogP contribution in [0.15, 0.2) is 30.5 Å². The van der Waals surface area contributed by atoms with Crippen molar-refractivity contribution in [2.75, 3.05) is 6.54 Å². The summed E-state index contributed by atoms with van der Waals surface area (Å²) in [6, 6.07) is 5.22. The summed E-state index contributed by atoms with van der Waals surface area (Å²) in [5.74, 6) is -2.85. The van der Waals surface area contributed by atoms with E-state index in [2.05, 4.69) is 24.1 Å². The van der Waals surface area contributed by atoms with Crippen molar-refractivity contribution < 1.29 is 18.3 Å². The average Bonchev–Trinajstić information content (AvgIpc) is 2.55. The Morgan fingerprint density at radius 3 is 2.60 bits per heavy atom. The third kappa shape index (κ3) is 5.22. The van der Waals surface area contributed by atoms with Crippen molar-refractivity contribution in [3.05, 3.63) is 53.2 Å². The number of nitrogens with two attached hydrogens (primary N) is 1. The molecule has 3 N–H and O–H groups in total. The first-order valence-electron chi connectivity index (χ1n) is 7.99. The smallest absolute Gasteiger partial charge is 0.254 e. The molecule has 0 fully saturated rings. The van der Waals surface area contributed by atoms with Crippen LogP contribution in [0.4, 0.5) is 8.78 Å². The zero-order valence-electron chi connectivity index (χ0n) is 14.2. The van der Waals surface area contributed by atoms with Crippen molar-refractivity contribution in [1.29, 1.82) is 0 Å². The van der Waals surface area contributed by atoms with Gasteiger partial charge in [-0.25, -0.2) is 13.8 Å². The van der Waals surface area contributed by atoms with Gasteiger partial charge in [0.25, 0.3) is 5.91 Å². The fourth-order valence-electron chi connectivity index (χ4n) is 2.19. The van der Waals surface area contributed by atoms with Gasteiger partial charge in [0.05, 0.1) is 0 Å². The molecule has 0 unspecified atom stereocenters. The highest BCUT2D eigenvalue weighted by Gasteiger charge is 2.18. The van der Waals surface area contributed by atoms with E-state index in [0.717, 1.165) is 13.0 Å². The largest absolute Gasteiger partial charge is 0.432 e. The van der Waals surface area contributed by atoms with Gasteiger partial charge in [0, 0.05) is 12.7 Å². The maximum atomic E-state index is 14.2. The Morgan fingerprint density at radius 2 is 2.00 bits per heavy atom. The first kappa shape index (κ1) is 18.8. The maximum absolute atomic E-state index is 14.2. The van der Waals surface area contributed by atoms with Crippen LogP contribution in [0, 0.1) is 17.6 Å². The van der Waals surface area contributed by atoms with Gasteiger partial charge in [-0.2, -0.15) is 0 Å². The molecule has 134 valence electrons. The standard InChI is InChI=1S/C18H21F2N3O2/c1-11(2)5-7-22-10-12-8-14(19)16(15(20)9-12)25-18-13(17(21)24)4-3-6-23-18/h3-4,6,8-9,11,22H,5,7,10H2,1-2H3,(H2,21,24). The number of pyridine rings is 1. The van der Waals surface area contributed by atoms with Crippen LogP contribution in [0.5, 0.6) is 11.6 Å². The summed E-state index contributed by atoms with van der Waals surface area (Å²) in [4.78, 5) is 15.1. The zero-order valence-corrected chi connectivity index (χ0v) is 14.2. The number of amides is 1. The molecule has 1 aromatic heterocycles. The fraction of sp³-hybridized carbons (Fsp3) is 0.333. The number of nitrogens with zero attached hydrogens (tertiary/aromatic N) is 1. The van der Waals surface area contributed by atoms with E-state index in [1.165, 1.54) is 30.5 Å². The summed E-state index contributed by atoms with van der Waals surface area (Å²) in [6.07, 6.45) is 2.31. The molecule has 1 amide bonds. The number of hydrogen-bond acceptors (Lipinski definition) is 4. The fourth-order valence-corrected chi connectivity index (χ4v) is 2.19. The van der Waals surface area contributed by atoms with Crippen LogP contribution < -0.4 is 15.8 Å². The third-order valence-electron chi connectivity index (χ3n) is 3.52. The van der Waals surface area contributed by atoms with E-state index in [4.69, 9.17) is 10.5 Å². The van der Waals surface area contributed by atoms with Crippen LogP contribution in [0.1, 0.15) is 36.2 Å². The highest BCUT2D eigenvalue weighted by molar-refractivity contribution is 5.95. The third-order valence-corrected chi connectivity index (χ3v) is 3.52. The second-order valence-corrected chi connectivity index (χ2v) is 6.07. The van der Waals surface area contributed by atoms with Gasteiger partial charge in [-0.1, -0.05) is 13.8 Å². The van der Waals surface area contributed by atoms with Crippen LogP contribution in [0.3, 0.4) is 0 Å². The molecule has 2 rings (SSSR count). The molecule has 2 aromatic rings. The molecule has 5 nitrogen and oxygen atoms in total. The number of halogens is 2. The normalized spacial score (nSPS) is 10.9. The molecular weight excluding hydrogens is 328 g/mol. The number of rotatable bonds is 8. The molecule has 0 radical (unpaired) electrons. The molecule has 0 spiro atoms. The number of ether oxygens (including phenoxy) is 1. The van der Waals surface area contributed by atoms with Crippen LogP contribution in [-0.4, -0.2) is 17.4 Å². The summed E-state index contributed by atoms with van der Waals surface area (Å²) >= 11 is 0. The number of carbonyl (C=O) groups is 1. The van der Waals surface area contributed by atoms with Crippen LogP contribution in [-0.2, 0) is 6.54 Å². The minimum Gasteiger partial charge on any atom is -0.432 e. The highest BCUT2D eigenvalue weighted by atomic mass is 19.1. The minimum atomic E-state index is -0.873. The lowest BCUT2D eigenvalue weighted by atomic mass is 10.1. The van der Waals surface area contributed by atoms with Crippen molar-refractivity contribution in [3.63, 3.8) is 0 Å². The van der Waals surface area contributed by atoms with E-state index in [0.29, 0.717) is 18.0 Å².